The molecular formula is C12H15N3O4. The number of rotatable bonds is 4. The topological polar surface area (TPSA) is 93.5 Å². The molecule has 0 aliphatic carbocycles. The summed E-state index contributed by atoms with van der Waals surface area (Å²) >= 11 is 0. The van der Waals surface area contributed by atoms with Crippen molar-refractivity contribution in [2.45, 2.75) is 25.7 Å². The van der Waals surface area contributed by atoms with Gasteiger partial charge in [-0.2, -0.15) is 4.98 Å². The molecule has 2 rings (SSSR count). The molecule has 0 fully saturated rings. The van der Waals surface area contributed by atoms with Crippen molar-refractivity contribution >= 4 is 11.7 Å². The number of aromatic nitrogens is 2. The van der Waals surface area contributed by atoms with Gasteiger partial charge in [0, 0.05) is 12.6 Å². The highest BCUT2D eigenvalue weighted by Gasteiger charge is 2.20. The lowest BCUT2D eigenvalue weighted by Crippen LogP contribution is -2.28. The molecule has 1 aliphatic heterocycles. The van der Waals surface area contributed by atoms with Crippen LogP contribution in [-0.4, -0.2) is 33.3 Å². The van der Waals surface area contributed by atoms with Gasteiger partial charge in [0.25, 0.3) is 0 Å². The van der Waals surface area contributed by atoms with E-state index >= 15 is 0 Å². The second-order valence-electron chi connectivity index (χ2n) is 4.04. The maximum atomic E-state index is 11.8. The summed E-state index contributed by atoms with van der Waals surface area (Å²) in [6.07, 6.45) is 4.19. The monoisotopic (exact) mass is 265 g/mol. The molecule has 0 saturated carbocycles. The molecule has 0 radical (unpaired) electrons. The Morgan fingerprint density at radius 1 is 1.58 bits per heavy atom. The molecule has 1 aromatic heterocycles. The highest BCUT2D eigenvalue weighted by molar-refractivity contribution is 5.89. The average Bonchev–Trinajstić information content (AvgIpc) is 2.87. The minimum absolute atomic E-state index is 0.139. The van der Waals surface area contributed by atoms with Gasteiger partial charge in [0.1, 0.15) is 11.9 Å². The van der Waals surface area contributed by atoms with Gasteiger partial charge in [0.15, 0.2) is 6.23 Å². The second kappa shape index (κ2) is 5.77. The quantitative estimate of drug-likeness (QED) is 0.750. The Labute approximate surface area is 109 Å². The number of anilines is 1. The van der Waals surface area contributed by atoms with Crippen molar-refractivity contribution in [2.75, 3.05) is 11.9 Å². The molecule has 102 valence electrons. The van der Waals surface area contributed by atoms with E-state index in [0.29, 0.717) is 6.42 Å². The van der Waals surface area contributed by atoms with Crippen molar-refractivity contribution < 1.29 is 14.6 Å². The first kappa shape index (κ1) is 13.4. The second-order valence-corrected chi connectivity index (χ2v) is 4.04. The molecule has 0 spiro atoms. The van der Waals surface area contributed by atoms with E-state index in [-0.39, 0.29) is 18.3 Å². The summed E-state index contributed by atoms with van der Waals surface area (Å²) in [6.45, 7) is 1.57. The van der Waals surface area contributed by atoms with Crippen molar-refractivity contribution in [3.05, 3.63) is 34.9 Å². The number of nitrogens with zero attached hydrogens (tertiary/aromatic N) is 2. The predicted octanol–water partition coefficient (Wildman–Crippen LogP) is 0.0377. The van der Waals surface area contributed by atoms with Gasteiger partial charge in [-0.25, -0.2) is 4.79 Å². The molecule has 1 amide bonds. The first-order chi connectivity index (χ1) is 9.13. The molecule has 0 saturated heterocycles. The molecule has 1 aliphatic rings. The summed E-state index contributed by atoms with van der Waals surface area (Å²) < 4.78 is 6.68. The van der Waals surface area contributed by atoms with Crippen molar-refractivity contribution in [2.24, 2.45) is 0 Å². The van der Waals surface area contributed by atoms with Crippen LogP contribution in [0.2, 0.25) is 0 Å². The minimum Gasteiger partial charge on any atom is -0.393 e. The normalized spacial score (nSPS) is 21.6. The highest BCUT2D eigenvalue weighted by Crippen LogP contribution is 2.19. The smallest absolute Gasteiger partial charge is 0.351 e. The fraction of sp³-hybridized carbons (Fsp3) is 0.417. The Hall–Kier alpha value is -1.99. The van der Waals surface area contributed by atoms with Crippen LogP contribution >= 0.6 is 0 Å². The fourth-order valence-electron chi connectivity index (χ4n) is 1.66. The number of carbonyl (C=O) groups excluding carboxylic acids is 1. The lowest BCUT2D eigenvalue weighted by atomic mass is 10.4. The van der Waals surface area contributed by atoms with E-state index in [1.165, 1.54) is 16.8 Å². The molecule has 1 aromatic rings. The van der Waals surface area contributed by atoms with Gasteiger partial charge in [0.05, 0.1) is 6.61 Å². The van der Waals surface area contributed by atoms with Crippen LogP contribution in [-0.2, 0) is 9.53 Å². The van der Waals surface area contributed by atoms with E-state index in [1.54, 1.807) is 19.1 Å². The van der Waals surface area contributed by atoms with Crippen LogP contribution in [0.3, 0.4) is 0 Å². The maximum Gasteiger partial charge on any atom is 0.351 e. The van der Waals surface area contributed by atoms with E-state index in [1.807, 2.05) is 0 Å². The Morgan fingerprint density at radius 2 is 2.37 bits per heavy atom. The van der Waals surface area contributed by atoms with Gasteiger partial charge in [0.2, 0.25) is 5.91 Å². The summed E-state index contributed by atoms with van der Waals surface area (Å²) in [5.74, 6) is 0.00999. The van der Waals surface area contributed by atoms with Gasteiger partial charge in [-0.05, 0) is 12.1 Å². The zero-order chi connectivity index (χ0) is 13.8. The lowest BCUT2D eigenvalue weighted by molar-refractivity contribution is -0.115. The third-order valence-corrected chi connectivity index (χ3v) is 2.68. The van der Waals surface area contributed by atoms with E-state index in [4.69, 9.17) is 9.84 Å². The fourth-order valence-corrected chi connectivity index (χ4v) is 1.66. The first-order valence-electron chi connectivity index (χ1n) is 5.97. The molecule has 7 nitrogen and oxygen atoms in total. The minimum atomic E-state index is -0.576. The molecule has 2 heterocycles. The van der Waals surface area contributed by atoms with E-state index < -0.39 is 18.0 Å². The Morgan fingerprint density at radius 3 is 2.95 bits per heavy atom. The molecule has 0 bridgehead atoms. The summed E-state index contributed by atoms with van der Waals surface area (Å²) in [7, 11) is 0. The van der Waals surface area contributed by atoms with Crippen LogP contribution in [0.5, 0.6) is 0 Å². The number of aliphatic hydroxyl groups is 1. The van der Waals surface area contributed by atoms with Gasteiger partial charge >= 0.3 is 5.69 Å². The van der Waals surface area contributed by atoms with Gasteiger partial charge in [-0.1, -0.05) is 13.0 Å². The van der Waals surface area contributed by atoms with Crippen LogP contribution in [0.25, 0.3) is 0 Å². The number of amides is 1. The van der Waals surface area contributed by atoms with E-state index in [0.717, 1.165) is 0 Å². The van der Waals surface area contributed by atoms with Crippen molar-refractivity contribution in [3.8, 4) is 0 Å². The van der Waals surface area contributed by atoms with Gasteiger partial charge in [-0.3, -0.25) is 9.36 Å². The van der Waals surface area contributed by atoms with Crippen LogP contribution < -0.4 is 11.0 Å². The summed E-state index contributed by atoms with van der Waals surface area (Å²) in [4.78, 5) is 26.8. The third-order valence-electron chi connectivity index (χ3n) is 2.68. The number of hydrogen-bond donors (Lipinski definition) is 2. The molecule has 0 aromatic carbocycles. The van der Waals surface area contributed by atoms with Crippen molar-refractivity contribution in [3.63, 3.8) is 0 Å². The van der Waals surface area contributed by atoms with Gasteiger partial charge < -0.3 is 15.2 Å². The number of nitrogens with one attached hydrogen (secondary N) is 1. The number of ether oxygens (including phenoxy) is 1. The zero-order valence-corrected chi connectivity index (χ0v) is 10.4. The average molecular weight is 265 g/mol. The van der Waals surface area contributed by atoms with Crippen LogP contribution in [0, 0.1) is 0 Å². The Kier molecular flexibility index (Phi) is 4.08. The van der Waals surface area contributed by atoms with Crippen LogP contribution in [0.15, 0.2) is 29.2 Å². The lowest BCUT2D eigenvalue weighted by Gasteiger charge is -2.14. The molecule has 19 heavy (non-hydrogen) atoms. The summed E-state index contributed by atoms with van der Waals surface area (Å²) in [6, 6.07) is 1.53. The number of hydrogen-bond acceptors (Lipinski definition) is 5. The Bertz CT molecular complexity index is 552. The molecule has 7 heteroatoms. The SMILES string of the molecule is CCC(=O)Nc1ccn([C@H]2C=C[C@@H](CO)O2)c(=O)n1. The van der Waals surface area contributed by atoms with E-state index in [2.05, 4.69) is 10.3 Å². The highest BCUT2D eigenvalue weighted by atomic mass is 16.5. The first-order valence-corrected chi connectivity index (χ1v) is 5.97. The number of carbonyl (C=O) groups is 1. The predicted molar refractivity (Wildman–Crippen MR) is 67.6 cm³/mol. The third kappa shape index (κ3) is 3.07. The van der Waals surface area contributed by atoms with Crippen molar-refractivity contribution in [1.29, 1.82) is 0 Å². The zero-order valence-electron chi connectivity index (χ0n) is 10.4. The van der Waals surface area contributed by atoms with E-state index in [9.17, 15) is 9.59 Å². The molecule has 2 atom stereocenters. The summed E-state index contributed by atoms with van der Waals surface area (Å²) in [5.41, 5.74) is -0.526. The van der Waals surface area contributed by atoms with Crippen LogP contribution in [0.4, 0.5) is 5.82 Å². The standard InChI is InChI=1S/C12H15N3O4/c1-2-10(17)13-9-5-6-15(12(18)14-9)11-4-3-8(7-16)19-11/h3-6,8,11,16H,2,7H2,1H3,(H,13,14,17,18)/t8-,11+/m0/s1. The van der Waals surface area contributed by atoms with Crippen LogP contribution in [0.1, 0.15) is 19.6 Å². The van der Waals surface area contributed by atoms with Gasteiger partial charge in [-0.15, -0.1) is 0 Å². The number of aliphatic hydroxyl groups excluding tert-OH is 1. The maximum absolute atomic E-state index is 11.8. The Balaban J connectivity index is 2.14. The molecule has 2 N–H and O–H groups in total. The largest absolute Gasteiger partial charge is 0.393 e. The molecule has 0 unspecified atom stereocenters. The molecular weight excluding hydrogens is 250 g/mol. The summed E-state index contributed by atoms with van der Waals surface area (Å²) in [5, 5.41) is 11.5. The van der Waals surface area contributed by atoms with Crippen molar-refractivity contribution in [1.82, 2.24) is 9.55 Å².